The first kappa shape index (κ1) is 30.7. The van der Waals surface area contributed by atoms with Crippen molar-refractivity contribution in [3.63, 3.8) is 0 Å². The molecular weight excluding hydrogens is 552 g/mol. The first-order valence-electron chi connectivity index (χ1n) is 14.8. The van der Waals surface area contributed by atoms with Gasteiger partial charge in [-0.3, -0.25) is 14.4 Å². The molecular formula is C37H38N2O5. The van der Waals surface area contributed by atoms with Gasteiger partial charge in [0.25, 0.3) is 0 Å². The summed E-state index contributed by atoms with van der Waals surface area (Å²) in [6.45, 7) is 7.49. The molecule has 0 bridgehead atoms. The fraction of sp³-hybridized carbons (Fsp3) is 0.270. The number of hydrogen-bond donors (Lipinski definition) is 3. The molecule has 0 aliphatic heterocycles. The van der Waals surface area contributed by atoms with Crippen LogP contribution >= 0.6 is 0 Å². The third-order valence-corrected chi connectivity index (χ3v) is 8.43. The molecule has 5 rings (SSSR count). The molecule has 4 atom stereocenters. The Balaban J connectivity index is 1.59. The molecule has 3 N–H and O–H groups in total. The molecule has 0 aromatic heterocycles. The van der Waals surface area contributed by atoms with Crippen molar-refractivity contribution >= 4 is 29.0 Å². The number of aliphatic hydroxyl groups is 1. The second-order valence-electron chi connectivity index (χ2n) is 11.9. The molecule has 1 aliphatic rings. The monoisotopic (exact) mass is 590 g/mol. The maximum absolute atomic E-state index is 14.2. The summed E-state index contributed by atoms with van der Waals surface area (Å²) in [6, 6.07) is 29.7. The standard InChI is InChI=1S/C37H38N2O5/c1-23-17-19-26(20-18-23)22-44-31-16-10-7-13-27(31)32-33(35(41)38-28-14-8-5-11-24(28)2)30(40)21-37(4,43)34(32)36(42)39-29-15-9-6-12-25(29)3/h5-20,32-34,43H,21-22H2,1-4H3,(H,38,41)(H,39,42). The van der Waals surface area contributed by atoms with Gasteiger partial charge >= 0.3 is 0 Å². The summed E-state index contributed by atoms with van der Waals surface area (Å²) < 4.78 is 6.29. The van der Waals surface area contributed by atoms with Crippen molar-refractivity contribution in [3.05, 3.63) is 125 Å². The maximum Gasteiger partial charge on any atom is 0.235 e. The Morgan fingerprint density at radius 3 is 1.95 bits per heavy atom. The number of ether oxygens (including phenoxy) is 1. The zero-order chi connectivity index (χ0) is 31.4. The van der Waals surface area contributed by atoms with Crippen LogP contribution in [-0.2, 0) is 21.0 Å². The number of hydrogen-bond acceptors (Lipinski definition) is 5. The van der Waals surface area contributed by atoms with Crippen LogP contribution in [0.25, 0.3) is 0 Å². The highest BCUT2D eigenvalue weighted by Crippen LogP contribution is 2.49. The van der Waals surface area contributed by atoms with E-state index in [2.05, 4.69) is 10.6 Å². The number of carbonyl (C=O) groups excluding carboxylic acids is 3. The van der Waals surface area contributed by atoms with Gasteiger partial charge in [0.2, 0.25) is 11.8 Å². The zero-order valence-electron chi connectivity index (χ0n) is 25.5. The van der Waals surface area contributed by atoms with Crippen molar-refractivity contribution in [1.82, 2.24) is 0 Å². The Labute approximate surface area is 258 Å². The number of para-hydroxylation sites is 3. The minimum atomic E-state index is -1.74. The number of nitrogens with one attached hydrogen (secondary N) is 2. The van der Waals surface area contributed by atoms with Crippen molar-refractivity contribution in [2.75, 3.05) is 10.6 Å². The van der Waals surface area contributed by atoms with E-state index in [0.717, 1.165) is 22.3 Å². The number of carbonyl (C=O) groups is 3. The quantitative estimate of drug-likeness (QED) is 0.203. The van der Waals surface area contributed by atoms with E-state index in [0.29, 0.717) is 22.7 Å². The van der Waals surface area contributed by atoms with Crippen LogP contribution in [0.1, 0.15) is 47.1 Å². The first-order chi connectivity index (χ1) is 21.0. The Morgan fingerprint density at radius 1 is 0.795 bits per heavy atom. The van der Waals surface area contributed by atoms with Crippen LogP contribution < -0.4 is 15.4 Å². The molecule has 0 saturated heterocycles. The predicted molar refractivity (Wildman–Crippen MR) is 172 cm³/mol. The molecule has 7 heteroatoms. The van der Waals surface area contributed by atoms with Crippen LogP contribution in [0.3, 0.4) is 0 Å². The molecule has 4 aromatic carbocycles. The molecule has 44 heavy (non-hydrogen) atoms. The highest BCUT2D eigenvalue weighted by atomic mass is 16.5. The molecule has 4 unspecified atom stereocenters. The molecule has 0 heterocycles. The summed E-state index contributed by atoms with van der Waals surface area (Å²) in [4.78, 5) is 42.0. The van der Waals surface area contributed by atoms with Crippen molar-refractivity contribution < 1.29 is 24.2 Å². The number of Topliss-reactive ketones (excluding diaryl/α,β-unsaturated/α-hetero) is 1. The van der Waals surface area contributed by atoms with E-state index < -0.39 is 41.0 Å². The van der Waals surface area contributed by atoms with E-state index in [1.807, 2.05) is 81.4 Å². The minimum Gasteiger partial charge on any atom is -0.489 e. The summed E-state index contributed by atoms with van der Waals surface area (Å²) in [6.07, 6.45) is -0.354. The van der Waals surface area contributed by atoms with Crippen molar-refractivity contribution in [2.24, 2.45) is 11.8 Å². The Kier molecular flexibility index (Phi) is 8.97. The van der Waals surface area contributed by atoms with E-state index in [9.17, 15) is 19.5 Å². The molecule has 226 valence electrons. The average molecular weight is 591 g/mol. The first-order valence-corrected chi connectivity index (χ1v) is 14.8. The van der Waals surface area contributed by atoms with Crippen LogP contribution in [0.5, 0.6) is 5.75 Å². The summed E-state index contributed by atoms with van der Waals surface area (Å²) in [5.74, 6) is -4.46. The second-order valence-corrected chi connectivity index (χ2v) is 11.9. The number of amides is 2. The molecule has 0 radical (unpaired) electrons. The van der Waals surface area contributed by atoms with Crippen molar-refractivity contribution in [2.45, 2.75) is 52.2 Å². The van der Waals surface area contributed by atoms with Gasteiger partial charge in [0.1, 0.15) is 24.1 Å². The van der Waals surface area contributed by atoms with Crippen molar-refractivity contribution in [3.8, 4) is 5.75 Å². The number of ketones is 1. The van der Waals surface area contributed by atoms with Crippen molar-refractivity contribution in [1.29, 1.82) is 0 Å². The molecule has 1 saturated carbocycles. The Bertz CT molecular complexity index is 1680. The normalized spacial score (nSPS) is 21.4. The number of benzene rings is 4. The second kappa shape index (κ2) is 12.9. The van der Waals surface area contributed by atoms with Gasteiger partial charge in [-0.15, -0.1) is 0 Å². The number of rotatable bonds is 8. The number of aryl methyl sites for hydroxylation is 3. The highest BCUT2D eigenvalue weighted by molar-refractivity contribution is 6.10. The molecule has 1 aliphatic carbocycles. The lowest BCUT2D eigenvalue weighted by molar-refractivity contribution is -0.150. The molecule has 4 aromatic rings. The maximum atomic E-state index is 14.2. The fourth-order valence-electron chi connectivity index (χ4n) is 6.05. The fourth-order valence-corrected chi connectivity index (χ4v) is 6.05. The van der Waals surface area contributed by atoms with Gasteiger partial charge in [0.15, 0.2) is 0 Å². The third-order valence-electron chi connectivity index (χ3n) is 8.43. The van der Waals surface area contributed by atoms with Gasteiger partial charge in [0, 0.05) is 23.7 Å². The Hall–Kier alpha value is -4.75. The lowest BCUT2D eigenvalue weighted by atomic mass is 9.61. The van der Waals surface area contributed by atoms with Gasteiger partial charge in [0.05, 0.1) is 11.5 Å². The van der Waals surface area contributed by atoms with Crippen LogP contribution in [0.15, 0.2) is 97.1 Å². The minimum absolute atomic E-state index is 0.245. The summed E-state index contributed by atoms with van der Waals surface area (Å²) in [5.41, 5.74) is 3.69. The third kappa shape index (κ3) is 6.58. The van der Waals surface area contributed by atoms with E-state index in [1.165, 1.54) is 6.92 Å². The molecule has 2 amide bonds. The van der Waals surface area contributed by atoms with Crippen LogP contribution in [0.4, 0.5) is 11.4 Å². The smallest absolute Gasteiger partial charge is 0.235 e. The Morgan fingerprint density at radius 2 is 1.34 bits per heavy atom. The molecule has 1 fully saturated rings. The summed E-state index contributed by atoms with van der Waals surface area (Å²) in [7, 11) is 0. The van der Waals surface area contributed by atoms with Gasteiger partial charge < -0.3 is 20.5 Å². The summed E-state index contributed by atoms with van der Waals surface area (Å²) >= 11 is 0. The van der Waals surface area contributed by atoms with E-state index in [1.54, 1.807) is 36.4 Å². The lowest BCUT2D eigenvalue weighted by Crippen LogP contribution is -2.56. The van der Waals surface area contributed by atoms with Gasteiger partial charge in [-0.05, 0) is 68.1 Å². The molecule has 0 spiro atoms. The predicted octanol–water partition coefficient (Wildman–Crippen LogP) is 6.51. The van der Waals surface area contributed by atoms with Gasteiger partial charge in [-0.1, -0.05) is 84.4 Å². The van der Waals surface area contributed by atoms with Crippen LogP contribution in [-0.4, -0.2) is 28.3 Å². The largest absolute Gasteiger partial charge is 0.489 e. The molecule has 7 nitrogen and oxygen atoms in total. The van der Waals surface area contributed by atoms with E-state index in [-0.39, 0.29) is 13.0 Å². The SMILES string of the molecule is Cc1ccc(COc2ccccc2C2C(C(=O)Nc3ccccc3C)C(=O)CC(C)(O)C2C(=O)Nc2ccccc2C)cc1. The average Bonchev–Trinajstić information content (AvgIpc) is 2.98. The van der Waals surface area contributed by atoms with Gasteiger partial charge in [-0.2, -0.15) is 0 Å². The number of anilines is 2. The topological polar surface area (TPSA) is 105 Å². The van der Waals surface area contributed by atoms with E-state index >= 15 is 0 Å². The van der Waals surface area contributed by atoms with E-state index in [4.69, 9.17) is 4.74 Å². The zero-order valence-corrected chi connectivity index (χ0v) is 25.5. The van der Waals surface area contributed by atoms with Gasteiger partial charge in [-0.25, -0.2) is 0 Å². The summed E-state index contributed by atoms with van der Waals surface area (Å²) in [5, 5.41) is 17.7. The highest BCUT2D eigenvalue weighted by Gasteiger charge is 2.56. The lowest BCUT2D eigenvalue weighted by Gasteiger charge is -2.44. The van der Waals surface area contributed by atoms with Crippen LogP contribution in [0.2, 0.25) is 0 Å². The van der Waals surface area contributed by atoms with Crippen LogP contribution in [0, 0.1) is 32.6 Å².